The molecule has 86 valence electrons. The van der Waals surface area contributed by atoms with E-state index in [9.17, 15) is 4.79 Å². The summed E-state index contributed by atoms with van der Waals surface area (Å²) in [6, 6.07) is 6.88. The van der Waals surface area contributed by atoms with E-state index < -0.39 is 0 Å². The molecular weight excluding hydrogens is 228 g/mol. The Kier molecular flexibility index (Phi) is 2.21. The fourth-order valence-electron chi connectivity index (χ4n) is 1.72. The molecule has 0 spiro atoms. The van der Waals surface area contributed by atoms with E-state index >= 15 is 0 Å². The van der Waals surface area contributed by atoms with Crippen LogP contribution in [0.2, 0.25) is 0 Å². The molecule has 5 nitrogen and oxygen atoms in total. The lowest BCUT2D eigenvalue weighted by Crippen LogP contribution is -2.13. The SMILES string of the molecule is C#Cc1ccc2nc(-n3cccn3)[nH]c(=O)c2c1. The molecule has 0 saturated carbocycles. The Hall–Kier alpha value is -2.87. The number of terminal acetylenes is 1. The fourth-order valence-corrected chi connectivity index (χ4v) is 1.72. The third-order valence-corrected chi connectivity index (χ3v) is 2.58. The summed E-state index contributed by atoms with van der Waals surface area (Å²) in [6.07, 6.45) is 8.63. The van der Waals surface area contributed by atoms with Gasteiger partial charge >= 0.3 is 0 Å². The van der Waals surface area contributed by atoms with Gasteiger partial charge in [-0.05, 0) is 24.3 Å². The van der Waals surface area contributed by atoms with Crippen LogP contribution in [0.25, 0.3) is 16.9 Å². The van der Waals surface area contributed by atoms with Crippen molar-refractivity contribution in [1.82, 2.24) is 19.7 Å². The van der Waals surface area contributed by atoms with E-state index in [-0.39, 0.29) is 5.56 Å². The topological polar surface area (TPSA) is 63.6 Å². The normalized spacial score (nSPS) is 10.4. The first-order valence-corrected chi connectivity index (χ1v) is 5.28. The molecule has 0 aliphatic carbocycles. The van der Waals surface area contributed by atoms with Crippen LogP contribution in [0.15, 0.2) is 41.5 Å². The van der Waals surface area contributed by atoms with Crippen molar-refractivity contribution < 1.29 is 0 Å². The van der Waals surface area contributed by atoms with Crippen molar-refractivity contribution in [3.8, 4) is 18.3 Å². The first-order valence-electron chi connectivity index (χ1n) is 5.28. The van der Waals surface area contributed by atoms with Crippen LogP contribution in [0.1, 0.15) is 5.56 Å². The lowest BCUT2D eigenvalue weighted by atomic mass is 10.1. The minimum atomic E-state index is -0.234. The molecule has 2 aromatic heterocycles. The molecule has 0 aliphatic heterocycles. The molecule has 18 heavy (non-hydrogen) atoms. The van der Waals surface area contributed by atoms with Gasteiger partial charge in [0.05, 0.1) is 10.9 Å². The molecule has 0 saturated heterocycles. The largest absolute Gasteiger partial charge is 0.290 e. The molecule has 0 unspecified atom stereocenters. The molecule has 5 heteroatoms. The van der Waals surface area contributed by atoms with Crippen molar-refractivity contribution in [3.05, 3.63) is 52.6 Å². The van der Waals surface area contributed by atoms with Crippen LogP contribution in [0, 0.1) is 12.3 Å². The van der Waals surface area contributed by atoms with E-state index in [1.165, 1.54) is 4.68 Å². The molecule has 0 aliphatic rings. The minimum Gasteiger partial charge on any atom is -0.290 e. The predicted molar refractivity (Wildman–Crippen MR) is 67.4 cm³/mol. The average molecular weight is 236 g/mol. The summed E-state index contributed by atoms with van der Waals surface area (Å²) in [6.45, 7) is 0. The summed E-state index contributed by atoms with van der Waals surface area (Å²) in [7, 11) is 0. The van der Waals surface area contributed by atoms with Crippen LogP contribution in [0.3, 0.4) is 0 Å². The molecule has 0 atom stereocenters. The first-order chi connectivity index (χ1) is 8.78. The van der Waals surface area contributed by atoms with Gasteiger partial charge in [-0.2, -0.15) is 5.10 Å². The van der Waals surface area contributed by atoms with E-state index in [0.29, 0.717) is 22.4 Å². The maximum Gasteiger partial charge on any atom is 0.260 e. The monoisotopic (exact) mass is 236 g/mol. The lowest BCUT2D eigenvalue weighted by molar-refractivity contribution is 0.810. The maximum atomic E-state index is 12.0. The number of H-pyrrole nitrogens is 1. The molecule has 1 N–H and O–H groups in total. The Balaban J connectivity index is 2.30. The molecule has 0 radical (unpaired) electrons. The number of fused-ring (bicyclic) bond motifs is 1. The summed E-state index contributed by atoms with van der Waals surface area (Å²) in [5.41, 5.74) is 1.01. The number of aromatic nitrogens is 4. The van der Waals surface area contributed by atoms with Crippen molar-refractivity contribution in [3.63, 3.8) is 0 Å². The standard InChI is InChI=1S/C13H8N4O/c1-2-9-4-5-11-10(8-9)12(18)16-13(15-11)17-7-3-6-14-17/h1,3-8H,(H,15,16,18). The summed E-state index contributed by atoms with van der Waals surface area (Å²) < 4.78 is 1.50. The molecule has 3 aromatic rings. The average Bonchev–Trinajstić information content (AvgIpc) is 2.92. The quantitative estimate of drug-likeness (QED) is 0.643. The second kappa shape index (κ2) is 3.86. The molecule has 0 amide bonds. The molecule has 3 rings (SSSR count). The number of rotatable bonds is 1. The van der Waals surface area contributed by atoms with Crippen LogP contribution >= 0.6 is 0 Å². The summed E-state index contributed by atoms with van der Waals surface area (Å²) >= 11 is 0. The van der Waals surface area contributed by atoms with Gasteiger partial charge in [0.2, 0.25) is 5.95 Å². The highest BCUT2D eigenvalue weighted by molar-refractivity contribution is 5.79. The minimum absolute atomic E-state index is 0.234. The lowest BCUT2D eigenvalue weighted by Gasteiger charge is -2.02. The zero-order valence-corrected chi connectivity index (χ0v) is 9.29. The highest BCUT2D eigenvalue weighted by atomic mass is 16.1. The number of nitrogens with one attached hydrogen (secondary N) is 1. The Bertz CT molecular complexity index is 809. The fraction of sp³-hybridized carbons (Fsp3) is 0. The van der Waals surface area contributed by atoms with Gasteiger partial charge in [-0.15, -0.1) is 6.42 Å². The third-order valence-electron chi connectivity index (χ3n) is 2.58. The van der Waals surface area contributed by atoms with Crippen LogP contribution < -0.4 is 5.56 Å². The van der Waals surface area contributed by atoms with Crippen molar-refractivity contribution in [2.45, 2.75) is 0 Å². The van der Waals surface area contributed by atoms with Gasteiger partial charge in [0.15, 0.2) is 0 Å². The third kappa shape index (κ3) is 1.57. The van der Waals surface area contributed by atoms with Gasteiger partial charge < -0.3 is 0 Å². The van der Waals surface area contributed by atoms with Crippen LogP contribution in [-0.2, 0) is 0 Å². The van der Waals surface area contributed by atoms with Gasteiger partial charge in [-0.3, -0.25) is 9.78 Å². The van der Waals surface area contributed by atoms with E-state index in [1.807, 2.05) is 0 Å². The summed E-state index contributed by atoms with van der Waals surface area (Å²) in [5.74, 6) is 2.87. The number of hydrogen-bond donors (Lipinski definition) is 1. The van der Waals surface area contributed by atoms with E-state index in [1.54, 1.807) is 36.7 Å². The Labute approximate surface area is 102 Å². The molecule has 2 heterocycles. The summed E-state index contributed by atoms with van der Waals surface area (Å²) in [4.78, 5) is 19.0. The molecule has 0 bridgehead atoms. The number of aromatic amines is 1. The number of benzene rings is 1. The van der Waals surface area contributed by atoms with Crippen LogP contribution in [0.4, 0.5) is 0 Å². The number of nitrogens with zero attached hydrogens (tertiary/aromatic N) is 3. The Morgan fingerprint density at radius 3 is 3.00 bits per heavy atom. The van der Waals surface area contributed by atoms with Crippen LogP contribution in [0.5, 0.6) is 0 Å². The van der Waals surface area contributed by atoms with Gasteiger partial charge in [-0.1, -0.05) is 5.92 Å². The van der Waals surface area contributed by atoms with Gasteiger partial charge in [0, 0.05) is 18.0 Å². The second-order valence-corrected chi connectivity index (χ2v) is 3.72. The first kappa shape index (κ1) is 10.3. The van der Waals surface area contributed by atoms with Gasteiger partial charge in [0.25, 0.3) is 5.56 Å². The Morgan fingerprint density at radius 1 is 1.39 bits per heavy atom. The van der Waals surface area contributed by atoms with Crippen molar-refractivity contribution in [1.29, 1.82) is 0 Å². The second-order valence-electron chi connectivity index (χ2n) is 3.72. The molecular formula is C13H8N4O. The summed E-state index contributed by atoms with van der Waals surface area (Å²) in [5, 5.41) is 4.49. The Morgan fingerprint density at radius 2 is 2.28 bits per heavy atom. The zero-order chi connectivity index (χ0) is 12.5. The zero-order valence-electron chi connectivity index (χ0n) is 9.29. The predicted octanol–water partition coefficient (Wildman–Crippen LogP) is 1.09. The van der Waals surface area contributed by atoms with E-state index in [0.717, 1.165) is 0 Å². The van der Waals surface area contributed by atoms with Crippen molar-refractivity contribution in [2.75, 3.05) is 0 Å². The van der Waals surface area contributed by atoms with Crippen LogP contribution in [-0.4, -0.2) is 19.7 Å². The molecule has 0 fully saturated rings. The van der Waals surface area contributed by atoms with Gasteiger partial charge in [0.1, 0.15) is 0 Å². The molecule has 1 aromatic carbocycles. The highest BCUT2D eigenvalue weighted by Gasteiger charge is 2.05. The van der Waals surface area contributed by atoms with E-state index in [4.69, 9.17) is 6.42 Å². The number of hydrogen-bond acceptors (Lipinski definition) is 3. The van der Waals surface area contributed by atoms with Crippen molar-refractivity contribution >= 4 is 10.9 Å². The van der Waals surface area contributed by atoms with Gasteiger partial charge in [-0.25, -0.2) is 9.67 Å². The highest BCUT2D eigenvalue weighted by Crippen LogP contribution is 2.10. The van der Waals surface area contributed by atoms with Crippen molar-refractivity contribution in [2.24, 2.45) is 0 Å². The maximum absolute atomic E-state index is 12.0. The smallest absolute Gasteiger partial charge is 0.260 e. The van der Waals surface area contributed by atoms with E-state index in [2.05, 4.69) is 21.0 Å².